The van der Waals surface area contributed by atoms with Crippen LogP contribution in [0.4, 0.5) is 5.82 Å². The number of hydrogen-bond acceptors (Lipinski definition) is 4. The first-order valence-corrected chi connectivity index (χ1v) is 7.50. The van der Waals surface area contributed by atoms with Gasteiger partial charge >= 0.3 is 0 Å². The van der Waals surface area contributed by atoms with Gasteiger partial charge in [0, 0.05) is 22.0 Å². The van der Waals surface area contributed by atoms with Gasteiger partial charge in [0.25, 0.3) is 5.91 Å². The van der Waals surface area contributed by atoms with E-state index in [-0.39, 0.29) is 11.1 Å². The van der Waals surface area contributed by atoms with Crippen molar-refractivity contribution in [3.05, 3.63) is 43.6 Å². The van der Waals surface area contributed by atoms with E-state index < -0.39 is 0 Å². The fourth-order valence-electron chi connectivity index (χ4n) is 1.47. The Balaban J connectivity index is 2.08. The molecule has 2 rings (SSSR count). The van der Waals surface area contributed by atoms with Crippen molar-refractivity contribution in [1.82, 2.24) is 10.3 Å². The third kappa shape index (κ3) is 3.68. The number of rotatable bonds is 4. The Morgan fingerprint density at radius 3 is 2.95 bits per heavy atom. The highest BCUT2D eigenvalue weighted by Gasteiger charge is 2.10. The highest BCUT2D eigenvalue weighted by Crippen LogP contribution is 2.22. The zero-order valence-electron chi connectivity index (χ0n) is 10.0. The molecular formula is C12H11BrClN3OS. The first-order valence-electron chi connectivity index (χ1n) is 5.45. The molecule has 2 heterocycles. The van der Waals surface area contributed by atoms with Crippen molar-refractivity contribution in [2.75, 3.05) is 12.4 Å². The summed E-state index contributed by atoms with van der Waals surface area (Å²) in [5, 5.41) is 7.96. The van der Waals surface area contributed by atoms with Crippen molar-refractivity contribution in [1.29, 1.82) is 0 Å². The minimum absolute atomic E-state index is 0.180. The minimum atomic E-state index is -0.180. The number of nitrogens with zero attached hydrogens (tertiary/aromatic N) is 1. The van der Waals surface area contributed by atoms with Gasteiger partial charge in [0.1, 0.15) is 11.0 Å². The van der Waals surface area contributed by atoms with E-state index in [1.165, 1.54) is 0 Å². The number of halogens is 2. The Bertz CT molecular complexity index is 602. The molecule has 0 aromatic carbocycles. The molecule has 0 aliphatic heterocycles. The quantitative estimate of drug-likeness (QED) is 0.820. The summed E-state index contributed by atoms with van der Waals surface area (Å²) in [6, 6.07) is 5.15. The second-order valence-corrected chi connectivity index (χ2v) is 5.93. The van der Waals surface area contributed by atoms with E-state index in [9.17, 15) is 4.79 Å². The maximum atomic E-state index is 12.0. The van der Waals surface area contributed by atoms with E-state index in [1.54, 1.807) is 30.5 Å². The van der Waals surface area contributed by atoms with Gasteiger partial charge in [0.2, 0.25) is 0 Å². The van der Waals surface area contributed by atoms with Gasteiger partial charge in [-0.3, -0.25) is 4.79 Å². The zero-order chi connectivity index (χ0) is 13.8. The van der Waals surface area contributed by atoms with E-state index in [1.807, 2.05) is 11.4 Å². The fraction of sp³-hybridized carbons (Fsp3) is 0.167. The van der Waals surface area contributed by atoms with E-state index in [2.05, 4.69) is 31.5 Å². The van der Waals surface area contributed by atoms with E-state index in [0.29, 0.717) is 17.9 Å². The number of carbonyl (C=O) groups excluding carboxylic acids is 1. The summed E-state index contributed by atoms with van der Waals surface area (Å²) < 4.78 is 1.00. The van der Waals surface area contributed by atoms with E-state index >= 15 is 0 Å². The predicted octanol–water partition coefficient (Wildman–Crippen LogP) is 3.53. The summed E-state index contributed by atoms with van der Waals surface area (Å²) in [7, 11) is 1.73. The average Bonchev–Trinajstić information content (AvgIpc) is 2.80. The molecule has 19 heavy (non-hydrogen) atoms. The Morgan fingerprint density at radius 1 is 1.53 bits per heavy atom. The van der Waals surface area contributed by atoms with Gasteiger partial charge in [-0.25, -0.2) is 4.98 Å². The minimum Gasteiger partial charge on any atom is -0.373 e. The molecule has 0 unspecified atom stereocenters. The summed E-state index contributed by atoms with van der Waals surface area (Å²) >= 11 is 10.9. The Labute approximate surface area is 128 Å². The first kappa shape index (κ1) is 14.3. The van der Waals surface area contributed by atoms with Crippen LogP contribution in [0.25, 0.3) is 0 Å². The molecule has 0 aliphatic rings. The third-order valence-corrected chi connectivity index (χ3v) is 4.53. The Kier molecular flexibility index (Phi) is 4.79. The lowest BCUT2D eigenvalue weighted by Crippen LogP contribution is -2.22. The van der Waals surface area contributed by atoms with Gasteiger partial charge in [-0.05, 0) is 39.5 Å². The van der Waals surface area contributed by atoms with Crippen LogP contribution >= 0.6 is 38.9 Å². The SMILES string of the molecule is CNc1cc(C(=O)NCc2sccc2Br)cc(Cl)n1. The van der Waals surface area contributed by atoms with Crippen molar-refractivity contribution in [2.45, 2.75) is 6.54 Å². The van der Waals surface area contributed by atoms with Crippen LogP contribution in [-0.4, -0.2) is 17.9 Å². The number of anilines is 1. The third-order valence-electron chi connectivity index (χ3n) is 2.41. The molecule has 2 aromatic rings. The number of pyridine rings is 1. The molecule has 4 nitrogen and oxygen atoms in total. The molecule has 7 heteroatoms. The number of aromatic nitrogens is 1. The lowest BCUT2D eigenvalue weighted by Gasteiger charge is -2.07. The van der Waals surface area contributed by atoms with Gasteiger partial charge in [-0.15, -0.1) is 11.3 Å². The summed E-state index contributed by atoms with van der Waals surface area (Å²) in [4.78, 5) is 17.1. The standard InChI is InChI=1S/C12H11BrClN3OS/c1-15-11-5-7(4-10(14)17-11)12(18)16-6-9-8(13)2-3-19-9/h2-5H,6H2,1H3,(H,15,17)(H,16,18). The number of carbonyl (C=O) groups is 1. The molecular weight excluding hydrogens is 350 g/mol. The average molecular weight is 361 g/mol. The maximum Gasteiger partial charge on any atom is 0.251 e. The van der Waals surface area contributed by atoms with Crippen LogP contribution in [0.15, 0.2) is 28.1 Å². The smallest absolute Gasteiger partial charge is 0.251 e. The summed E-state index contributed by atoms with van der Waals surface area (Å²) in [5.41, 5.74) is 0.483. The van der Waals surface area contributed by atoms with Crippen LogP contribution in [0.1, 0.15) is 15.2 Å². The number of hydrogen-bond donors (Lipinski definition) is 2. The molecule has 2 aromatic heterocycles. The lowest BCUT2D eigenvalue weighted by atomic mass is 10.2. The van der Waals surface area contributed by atoms with Crippen molar-refractivity contribution >= 4 is 50.6 Å². The first-order chi connectivity index (χ1) is 9.10. The van der Waals surface area contributed by atoms with Crippen LogP contribution < -0.4 is 10.6 Å². The molecule has 0 saturated heterocycles. The van der Waals surface area contributed by atoms with Gasteiger partial charge in [0.05, 0.1) is 6.54 Å². The highest BCUT2D eigenvalue weighted by atomic mass is 79.9. The maximum absolute atomic E-state index is 12.0. The molecule has 100 valence electrons. The number of amides is 1. The van der Waals surface area contributed by atoms with E-state index in [0.717, 1.165) is 9.35 Å². The van der Waals surface area contributed by atoms with Crippen molar-refractivity contribution in [2.24, 2.45) is 0 Å². The zero-order valence-corrected chi connectivity index (χ0v) is 13.2. The Morgan fingerprint density at radius 2 is 2.32 bits per heavy atom. The molecule has 0 aliphatic carbocycles. The topological polar surface area (TPSA) is 54.0 Å². The second-order valence-electron chi connectivity index (χ2n) is 3.69. The summed E-state index contributed by atoms with van der Waals surface area (Å²) in [6.07, 6.45) is 0. The summed E-state index contributed by atoms with van der Waals surface area (Å²) in [5.74, 6) is 0.385. The summed E-state index contributed by atoms with van der Waals surface area (Å²) in [6.45, 7) is 0.478. The van der Waals surface area contributed by atoms with Crippen LogP contribution in [0, 0.1) is 0 Å². The molecule has 0 spiro atoms. The molecule has 0 radical (unpaired) electrons. The van der Waals surface area contributed by atoms with Crippen molar-refractivity contribution < 1.29 is 4.79 Å². The van der Waals surface area contributed by atoms with Gasteiger partial charge in [-0.2, -0.15) is 0 Å². The van der Waals surface area contributed by atoms with Gasteiger partial charge < -0.3 is 10.6 Å². The van der Waals surface area contributed by atoms with Crippen LogP contribution in [-0.2, 0) is 6.54 Å². The largest absolute Gasteiger partial charge is 0.373 e. The van der Waals surface area contributed by atoms with Crippen LogP contribution in [0.5, 0.6) is 0 Å². The van der Waals surface area contributed by atoms with Crippen molar-refractivity contribution in [3.8, 4) is 0 Å². The molecule has 2 N–H and O–H groups in total. The normalized spacial score (nSPS) is 10.3. The molecule has 0 fully saturated rings. The van der Waals surface area contributed by atoms with Crippen LogP contribution in [0.3, 0.4) is 0 Å². The van der Waals surface area contributed by atoms with Crippen molar-refractivity contribution in [3.63, 3.8) is 0 Å². The van der Waals surface area contributed by atoms with Gasteiger partial charge in [0.15, 0.2) is 0 Å². The number of nitrogens with one attached hydrogen (secondary N) is 2. The monoisotopic (exact) mass is 359 g/mol. The molecule has 1 amide bonds. The lowest BCUT2D eigenvalue weighted by molar-refractivity contribution is 0.0951. The molecule has 0 atom stereocenters. The highest BCUT2D eigenvalue weighted by molar-refractivity contribution is 9.10. The predicted molar refractivity (Wildman–Crippen MR) is 82.0 cm³/mol. The van der Waals surface area contributed by atoms with Crippen LogP contribution in [0.2, 0.25) is 5.15 Å². The Hall–Kier alpha value is -1.11. The van der Waals surface area contributed by atoms with E-state index in [4.69, 9.17) is 11.6 Å². The fourth-order valence-corrected chi connectivity index (χ4v) is 3.11. The number of thiophene rings is 1. The second kappa shape index (κ2) is 6.36. The molecule has 0 saturated carbocycles. The van der Waals surface area contributed by atoms with Gasteiger partial charge in [-0.1, -0.05) is 11.6 Å². The molecule has 0 bridgehead atoms.